The van der Waals surface area contributed by atoms with Gasteiger partial charge in [0.2, 0.25) is 10.0 Å². The number of nitrogens with zero attached hydrogens (tertiary/aromatic N) is 1. The fourth-order valence-electron chi connectivity index (χ4n) is 2.51. The Kier molecular flexibility index (Phi) is 7.06. The summed E-state index contributed by atoms with van der Waals surface area (Å²) in [6.07, 6.45) is 1.84. The Morgan fingerprint density at radius 2 is 2.19 bits per heavy atom. The number of nitrogens with one attached hydrogen (secondary N) is 1. The lowest BCUT2D eigenvalue weighted by Crippen LogP contribution is -2.42. The highest BCUT2D eigenvalue weighted by molar-refractivity contribution is 9.10. The van der Waals surface area contributed by atoms with Crippen molar-refractivity contribution in [1.29, 1.82) is 0 Å². The predicted octanol–water partition coefficient (Wildman–Crippen LogP) is 2.63. The lowest BCUT2D eigenvalue weighted by molar-refractivity contribution is 0.263. The second-order valence-electron chi connectivity index (χ2n) is 5.00. The van der Waals surface area contributed by atoms with Crippen LogP contribution in [-0.2, 0) is 10.0 Å². The van der Waals surface area contributed by atoms with Crippen LogP contribution in [0.25, 0.3) is 0 Å². The predicted molar refractivity (Wildman–Crippen MR) is 86.8 cm³/mol. The van der Waals surface area contributed by atoms with Crippen molar-refractivity contribution in [2.24, 2.45) is 5.92 Å². The molecule has 0 bridgehead atoms. The first-order valence-corrected chi connectivity index (χ1v) is 8.78. The first-order chi connectivity index (χ1) is 9.45. The van der Waals surface area contributed by atoms with Crippen molar-refractivity contribution in [2.75, 3.05) is 26.7 Å². The van der Waals surface area contributed by atoms with Gasteiger partial charge in [-0.25, -0.2) is 12.8 Å². The van der Waals surface area contributed by atoms with Gasteiger partial charge in [0.1, 0.15) is 5.82 Å². The molecule has 2 rings (SSSR count). The van der Waals surface area contributed by atoms with Crippen LogP contribution in [0, 0.1) is 11.7 Å². The Hall–Kier alpha value is -0.210. The smallest absolute Gasteiger partial charge is 0.244 e. The lowest BCUT2D eigenvalue weighted by atomic mass is 10.00. The molecule has 0 aromatic heterocycles. The molecule has 4 nitrogen and oxygen atoms in total. The fraction of sp³-hybridized carbons (Fsp3) is 0.538. The average Bonchev–Trinajstić information content (AvgIpc) is 2.42. The van der Waals surface area contributed by atoms with Gasteiger partial charge < -0.3 is 5.32 Å². The Morgan fingerprint density at radius 3 is 2.86 bits per heavy atom. The van der Waals surface area contributed by atoms with E-state index in [1.165, 1.54) is 16.4 Å². The van der Waals surface area contributed by atoms with E-state index >= 15 is 0 Å². The quantitative estimate of drug-likeness (QED) is 0.844. The molecule has 1 saturated heterocycles. The van der Waals surface area contributed by atoms with E-state index < -0.39 is 15.8 Å². The summed E-state index contributed by atoms with van der Waals surface area (Å²) in [5.41, 5.74) is 0. The molecule has 1 aromatic rings. The monoisotopic (exact) mass is 400 g/mol. The molecule has 21 heavy (non-hydrogen) atoms. The van der Waals surface area contributed by atoms with Gasteiger partial charge >= 0.3 is 0 Å². The van der Waals surface area contributed by atoms with Gasteiger partial charge in [-0.1, -0.05) is 0 Å². The molecule has 1 atom stereocenters. The van der Waals surface area contributed by atoms with Gasteiger partial charge in [-0.05, 0) is 66.5 Å². The number of rotatable bonds is 4. The molecule has 0 amide bonds. The zero-order valence-corrected chi connectivity index (χ0v) is 14.9. The van der Waals surface area contributed by atoms with Gasteiger partial charge in [0.05, 0.1) is 4.90 Å². The summed E-state index contributed by atoms with van der Waals surface area (Å²) >= 11 is 3.19. The maximum Gasteiger partial charge on any atom is 0.244 e. The van der Waals surface area contributed by atoms with E-state index in [1.54, 1.807) is 0 Å². The fourth-order valence-corrected chi connectivity index (χ4v) is 5.01. The summed E-state index contributed by atoms with van der Waals surface area (Å²) in [6.45, 7) is 1.76. The van der Waals surface area contributed by atoms with Crippen LogP contribution in [0.15, 0.2) is 27.6 Å². The van der Waals surface area contributed by atoms with E-state index in [9.17, 15) is 12.8 Å². The molecule has 1 aliphatic heterocycles. The minimum atomic E-state index is -3.65. The van der Waals surface area contributed by atoms with E-state index in [4.69, 9.17) is 0 Å². The SMILES string of the molecule is CNCC1CCCN(S(=O)(=O)c2cc(F)ccc2Br)C1.Cl. The van der Waals surface area contributed by atoms with Crippen LogP contribution in [-0.4, -0.2) is 39.4 Å². The van der Waals surface area contributed by atoms with E-state index in [0.717, 1.165) is 25.5 Å². The summed E-state index contributed by atoms with van der Waals surface area (Å²) in [5.74, 6) is -0.244. The second kappa shape index (κ2) is 7.87. The summed E-state index contributed by atoms with van der Waals surface area (Å²) < 4.78 is 40.4. The number of piperidine rings is 1. The maximum atomic E-state index is 13.3. The van der Waals surface area contributed by atoms with Crippen molar-refractivity contribution in [3.63, 3.8) is 0 Å². The molecule has 0 aliphatic carbocycles. The third kappa shape index (κ3) is 4.39. The molecule has 120 valence electrons. The van der Waals surface area contributed by atoms with Crippen LogP contribution in [0.1, 0.15) is 12.8 Å². The first-order valence-electron chi connectivity index (χ1n) is 6.55. The van der Waals surface area contributed by atoms with E-state index in [-0.39, 0.29) is 17.3 Å². The standard InChI is InChI=1S/C13H18BrFN2O2S.ClH/c1-16-8-10-3-2-6-17(9-10)20(18,19)13-7-11(15)4-5-12(13)14;/h4-5,7,10,16H,2-3,6,8-9H2,1H3;1H. The van der Waals surface area contributed by atoms with Crippen molar-refractivity contribution >= 4 is 38.4 Å². The summed E-state index contributed by atoms with van der Waals surface area (Å²) in [5, 5.41) is 3.08. The molecule has 1 aliphatic rings. The molecule has 0 spiro atoms. The Bertz CT molecular complexity index is 584. The van der Waals surface area contributed by atoms with Crippen LogP contribution in [0.4, 0.5) is 4.39 Å². The number of sulfonamides is 1. The zero-order valence-electron chi connectivity index (χ0n) is 11.7. The molecular weight excluding hydrogens is 383 g/mol. The molecule has 8 heteroatoms. The van der Waals surface area contributed by atoms with E-state index in [1.807, 2.05) is 7.05 Å². The van der Waals surface area contributed by atoms with Gasteiger partial charge in [-0.3, -0.25) is 0 Å². The number of halogens is 3. The second-order valence-corrected chi connectivity index (χ2v) is 7.76. The highest BCUT2D eigenvalue weighted by Crippen LogP contribution is 2.28. The van der Waals surface area contributed by atoms with Gasteiger partial charge in [-0.15, -0.1) is 12.4 Å². The molecule has 1 unspecified atom stereocenters. The molecule has 1 aromatic carbocycles. The number of hydrogen-bond donors (Lipinski definition) is 1. The molecule has 1 heterocycles. The number of benzene rings is 1. The Morgan fingerprint density at radius 1 is 1.48 bits per heavy atom. The minimum Gasteiger partial charge on any atom is -0.319 e. The summed E-state index contributed by atoms with van der Waals surface area (Å²) in [4.78, 5) is 0.00241. The van der Waals surface area contributed by atoms with Crippen LogP contribution in [0.3, 0.4) is 0 Å². The highest BCUT2D eigenvalue weighted by Gasteiger charge is 2.31. The van der Waals surface area contributed by atoms with Gasteiger partial charge in [0.25, 0.3) is 0 Å². The van der Waals surface area contributed by atoms with Crippen LogP contribution >= 0.6 is 28.3 Å². The van der Waals surface area contributed by atoms with E-state index in [2.05, 4.69) is 21.2 Å². The van der Waals surface area contributed by atoms with Crippen LogP contribution in [0.2, 0.25) is 0 Å². The molecule has 1 N–H and O–H groups in total. The summed E-state index contributed by atoms with van der Waals surface area (Å²) in [7, 11) is -1.79. The van der Waals surface area contributed by atoms with Gasteiger partial charge in [0.15, 0.2) is 0 Å². The third-order valence-corrected chi connectivity index (χ3v) is 6.34. The normalized spacial score (nSPS) is 20.0. The van der Waals surface area contributed by atoms with Crippen molar-refractivity contribution in [2.45, 2.75) is 17.7 Å². The molecule has 0 radical (unpaired) electrons. The minimum absolute atomic E-state index is 0. The average molecular weight is 402 g/mol. The van der Waals surface area contributed by atoms with E-state index in [0.29, 0.717) is 23.5 Å². The topological polar surface area (TPSA) is 49.4 Å². The van der Waals surface area contributed by atoms with Crippen molar-refractivity contribution in [3.05, 3.63) is 28.5 Å². The van der Waals surface area contributed by atoms with Crippen molar-refractivity contribution < 1.29 is 12.8 Å². The van der Waals surface area contributed by atoms with Gasteiger partial charge in [-0.2, -0.15) is 4.31 Å². The largest absolute Gasteiger partial charge is 0.319 e. The van der Waals surface area contributed by atoms with Gasteiger partial charge in [0, 0.05) is 17.6 Å². The molecule has 1 fully saturated rings. The maximum absolute atomic E-state index is 13.3. The zero-order chi connectivity index (χ0) is 14.8. The molecular formula is C13H19BrClFN2O2S. The Labute approximate surface area is 139 Å². The van der Waals surface area contributed by atoms with Crippen LogP contribution in [0.5, 0.6) is 0 Å². The first kappa shape index (κ1) is 18.8. The molecule has 0 saturated carbocycles. The Balaban J connectivity index is 0.00000220. The van der Waals surface area contributed by atoms with Crippen molar-refractivity contribution in [1.82, 2.24) is 9.62 Å². The third-order valence-electron chi connectivity index (χ3n) is 3.49. The highest BCUT2D eigenvalue weighted by atomic mass is 79.9. The summed E-state index contributed by atoms with van der Waals surface area (Å²) in [6, 6.07) is 3.74. The van der Waals surface area contributed by atoms with Crippen molar-refractivity contribution in [3.8, 4) is 0 Å². The number of hydrogen-bond acceptors (Lipinski definition) is 3. The lowest BCUT2D eigenvalue weighted by Gasteiger charge is -2.32. The van der Waals surface area contributed by atoms with Crippen LogP contribution < -0.4 is 5.32 Å².